The van der Waals surface area contributed by atoms with Gasteiger partial charge in [-0.25, -0.2) is 4.39 Å². The van der Waals surface area contributed by atoms with Crippen molar-refractivity contribution in [2.24, 2.45) is 0 Å². The SMILES string of the molecule is C/C(CF)=C1\CC[C@@H](C)c2c1cnc1c2Cn2c-1cc1c(c2=O)COC(O)C1O. The normalized spacial score (nSPS) is 26.4. The third-order valence-electron chi connectivity index (χ3n) is 6.57. The predicted octanol–water partition coefficient (Wildman–Crippen LogP) is 2.79. The van der Waals surface area contributed by atoms with Crippen LogP contribution in [0.2, 0.25) is 0 Å². The van der Waals surface area contributed by atoms with E-state index in [1.807, 2.05) is 6.92 Å². The van der Waals surface area contributed by atoms with Gasteiger partial charge in [0.1, 0.15) is 12.8 Å². The van der Waals surface area contributed by atoms with E-state index in [1.54, 1.807) is 16.8 Å². The van der Waals surface area contributed by atoms with E-state index in [9.17, 15) is 19.4 Å². The molecule has 2 unspecified atom stereocenters. The molecule has 0 bridgehead atoms. The molecule has 2 N–H and O–H groups in total. The van der Waals surface area contributed by atoms with Crippen molar-refractivity contribution in [2.75, 3.05) is 6.67 Å². The van der Waals surface area contributed by atoms with Gasteiger partial charge in [-0.15, -0.1) is 0 Å². The molecule has 0 fully saturated rings. The largest absolute Gasteiger partial charge is 0.383 e. The fraction of sp³-hybridized carbons (Fsp3) is 0.455. The van der Waals surface area contributed by atoms with Gasteiger partial charge in [0.15, 0.2) is 6.29 Å². The number of fused-ring (bicyclic) bond motifs is 6. The highest BCUT2D eigenvalue weighted by Crippen LogP contribution is 2.45. The Bertz CT molecular complexity index is 1120. The van der Waals surface area contributed by atoms with Gasteiger partial charge in [-0.1, -0.05) is 6.92 Å². The molecule has 1 aliphatic carbocycles. The zero-order chi connectivity index (χ0) is 20.4. The van der Waals surface area contributed by atoms with Crippen LogP contribution in [0, 0.1) is 0 Å². The summed E-state index contributed by atoms with van der Waals surface area (Å²) in [6.45, 7) is 3.87. The quantitative estimate of drug-likeness (QED) is 0.659. The average molecular weight is 398 g/mol. The summed E-state index contributed by atoms with van der Waals surface area (Å²) >= 11 is 0. The van der Waals surface area contributed by atoms with Gasteiger partial charge in [-0.05, 0) is 59.6 Å². The second-order valence-corrected chi connectivity index (χ2v) is 8.25. The van der Waals surface area contributed by atoms with E-state index in [2.05, 4.69) is 11.9 Å². The minimum Gasteiger partial charge on any atom is -0.383 e. The molecular formula is C22H23FN2O4. The fourth-order valence-corrected chi connectivity index (χ4v) is 4.96. The molecule has 4 heterocycles. The van der Waals surface area contributed by atoms with Crippen LogP contribution in [-0.4, -0.2) is 32.7 Å². The molecule has 2 aromatic rings. The van der Waals surface area contributed by atoms with Crippen LogP contribution in [0.15, 0.2) is 22.6 Å². The molecule has 0 spiro atoms. The Morgan fingerprint density at radius 2 is 2.17 bits per heavy atom. The number of hydrogen-bond donors (Lipinski definition) is 2. The van der Waals surface area contributed by atoms with E-state index in [-0.39, 0.29) is 18.1 Å². The molecular weight excluding hydrogens is 375 g/mol. The molecule has 152 valence electrons. The zero-order valence-corrected chi connectivity index (χ0v) is 16.4. The maximum atomic E-state index is 13.4. The first kappa shape index (κ1) is 18.7. The summed E-state index contributed by atoms with van der Waals surface area (Å²) in [7, 11) is 0. The van der Waals surface area contributed by atoms with Gasteiger partial charge >= 0.3 is 0 Å². The number of aromatic nitrogens is 2. The maximum Gasteiger partial charge on any atom is 0.257 e. The molecule has 0 aromatic carbocycles. The Balaban J connectivity index is 1.73. The number of alkyl halides is 1. The molecule has 5 rings (SSSR count). The van der Waals surface area contributed by atoms with Gasteiger partial charge in [-0.2, -0.15) is 0 Å². The summed E-state index contributed by atoms with van der Waals surface area (Å²) in [5.74, 6) is 0.285. The number of ether oxygens (including phenoxy) is 1. The Morgan fingerprint density at radius 1 is 1.38 bits per heavy atom. The van der Waals surface area contributed by atoms with Crippen molar-refractivity contribution in [3.63, 3.8) is 0 Å². The van der Waals surface area contributed by atoms with E-state index in [0.29, 0.717) is 23.4 Å². The topological polar surface area (TPSA) is 84.6 Å². The third kappa shape index (κ3) is 2.57. The minimum atomic E-state index is -1.35. The van der Waals surface area contributed by atoms with E-state index < -0.39 is 19.1 Å². The predicted molar refractivity (Wildman–Crippen MR) is 105 cm³/mol. The third-order valence-corrected chi connectivity index (χ3v) is 6.57. The molecule has 3 aliphatic rings. The van der Waals surface area contributed by atoms with Crippen molar-refractivity contribution in [3.8, 4) is 11.4 Å². The Labute approximate surface area is 167 Å². The Hall–Kier alpha value is -2.35. The molecule has 2 aromatic heterocycles. The van der Waals surface area contributed by atoms with Gasteiger partial charge in [0.05, 0.1) is 24.5 Å². The smallest absolute Gasteiger partial charge is 0.257 e. The maximum absolute atomic E-state index is 13.4. The first-order valence-electron chi connectivity index (χ1n) is 9.93. The summed E-state index contributed by atoms with van der Waals surface area (Å²) in [4.78, 5) is 17.8. The van der Waals surface area contributed by atoms with E-state index in [1.165, 1.54) is 0 Å². The lowest BCUT2D eigenvalue weighted by Crippen LogP contribution is -2.34. The molecule has 2 aliphatic heterocycles. The molecule has 0 saturated carbocycles. The van der Waals surface area contributed by atoms with Crippen LogP contribution in [0.1, 0.15) is 66.5 Å². The molecule has 0 radical (unpaired) electrons. The second-order valence-electron chi connectivity index (χ2n) is 8.25. The van der Waals surface area contributed by atoms with E-state index in [0.717, 1.165) is 46.4 Å². The number of halogens is 1. The van der Waals surface area contributed by atoms with Crippen molar-refractivity contribution >= 4 is 5.57 Å². The standard InChI is InChI=1S/C22H23FN2O4/c1-10-3-4-12(11(2)6-23)14-7-24-19-15(18(10)14)8-25-17(19)5-13-16(21(25)27)9-29-22(28)20(13)26/h5,7,10,20,22,26,28H,3-4,6,8-9H2,1-2H3/b12-11-/t10-,20?,22?/m1/s1. The van der Waals surface area contributed by atoms with E-state index >= 15 is 0 Å². The van der Waals surface area contributed by atoms with Gasteiger partial charge in [0.25, 0.3) is 5.56 Å². The lowest BCUT2D eigenvalue weighted by atomic mass is 9.78. The summed E-state index contributed by atoms with van der Waals surface area (Å²) in [6, 6.07) is 1.75. The van der Waals surface area contributed by atoms with Crippen LogP contribution >= 0.6 is 0 Å². The number of nitrogens with zero attached hydrogens (tertiary/aromatic N) is 2. The fourth-order valence-electron chi connectivity index (χ4n) is 4.96. The average Bonchev–Trinajstić information content (AvgIpc) is 3.10. The van der Waals surface area contributed by atoms with Crippen LogP contribution in [0.25, 0.3) is 17.0 Å². The Morgan fingerprint density at radius 3 is 2.93 bits per heavy atom. The molecule has 7 heteroatoms. The number of aliphatic hydroxyl groups is 2. The second kappa shape index (κ2) is 6.58. The summed E-state index contributed by atoms with van der Waals surface area (Å²) in [5.41, 5.74) is 6.79. The molecule has 6 nitrogen and oxygen atoms in total. The van der Waals surface area contributed by atoms with Gasteiger partial charge in [0.2, 0.25) is 0 Å². The zero-order valence-electron chi connectivity index (χ0n) is 16.4. The summed E-state index contributed by atoms with van der Waals surface area (Å²) in [6.07, 6.45) is 0.939. The lowest BCUT2D eigenvalue weighted by Gasteiger charge is -2.28. The van der Waals surface area contributed by atoms with Gasteiger partial charge < -0.3 is 19.5 Å². The highest BCUT2D eigenvalue weighted by atomic mass is 19.1. The first-order chi connectivity index (χ1) is 13.9. The number of pyridine rings is 2. The minimum absolute atomic E-state index is 0.0342. The highest BCUT2D eigenvalue weighted by Gasteiger charge is 2.35. The molecule has 29 heavy (non-hydrogen) atoms. The number of aliphatic hydroxyl groups excluding tert-OH is 2. The van der Waals surface area contributed by atoms with Crippen molar-refractivity contribution in [1.82, 2.24) is 9.55 Å². The van der Waals surface area contributed by atoms with Gasteiger partial charge in [-0.3, -0.25) is 9.78 Å². The van der Waals surface area contributed by atoms with Crippen molar-refractivity contribution < 1.29 is 19.3 Å². The van der Waals surface area contributed by atoms with Crippen LogP contribution in [-0.2, 0) is 17.9 Å². The number of allylic oxidation sites excluding steroid dienone is 2. The Kier molecular flexibility index (Phi) is 4.24. The van der Waals surface area contributed by atoms with Crippen LogP contribution in [0.5, 0.6) is 0 Å². The van der Waals surface area contributed by atoms with Crippen LogP contribution < -0.4 is 5.56 Å². The van der Waals surface area contributed by atoms with Crippen molar-refractivity contribution in [2.45, 2.75) is 58.2 Å². The first-order valence-corrected chi connectivity index (χ1v) is 9.93. The monoisotopic (exact) mass is 398 g/mol. The van der Waals surface area contributed by atoms with Crippen molar-refractivity contribution in [3.05, 3.63) is 56.0 Å². The highest BCUT2D eigenvalue weighted by molar-refractivity contribution is 5.78. The lowest BCUT2D eigenvalue weighted by molar-refractivity contribution is -0.181. The summed E-state index contributed by atoms with van der Waals surface area (Å²) in [5, 5.41) is 20.1. The van der Waals surface area contributed by atoms with E-state index in [4.69, 9.17) is 4.74 Å². The molecule has 3 atom stereocenters. The number of hydrogen-bond acceptors (Lipinski definition) is 5. The van der Waals surface area contributed by atoms with Crippen LogP contribution in [0.4, 0.5) is 4.39 Å². The number of rotatable bonds is 1. The van der Waals surface area contributed by atoms with Gasteiger partial charge in [0, 0.05) is 17.3 Å². The molecule has 0 saturated heterocycles. The summed E-state index contributed by atoms with van der Waals surface area (Å²) < 4.78 is 20.2. The van der Waals surface area contributed by atoms with Crippen molar-refractivity contribution in [1.29, 1.82) is 0 Å². The van der Waals surface area contributed by atoms with Crippen LogP contribution in [0.3, 0.4) is 0 Å². The molecule has 0 amide bonds.